The lowest BCUT2D eigenvalue weighted by Crippen LogP contribution is -2.41. The van der Waals surface area contributed by atoms with Gasteiger partial charge in [0.05, 0.1) is 5.16 Å². The summed E-state index contributed by atoms with van der Waals surface area (Å²) in [4.78, 5) is 11.4. The van der Waals surface area contributed by atoms with Gasteiger partial charge in [0.15, 0.2) is 0 Å². The monoisotopic (exact) mass is 195 g/mol. The molecule has 0 aliphatic rings. The zero-order valence-corrected chi connectivity index (χ0v) is 8.72. The van der Waals surface area contributed by atoms with E-state index in [0.29, 0.717) is 0 Å². The second-order valence-corrected chi connectivity index (χ2v) is 3.00. The van der Waals surface area contributed by atoms with Crippen LogP contribution in [0.1, 0.15) is 0 Å². The third-order valence-electron chi connectivity index (χ3n) is 1.32. The lowest BCUT2D eigenvalue weighted by atomic mass is 10.7. The Hall–Kier alpha value is -1.63. The first-order valence-electron chi connectivity index (χ1n) is 3.87. The second-order valence-electron chi connectivity index (χ2n) is 3.00. The summed E-state index contributed by atoms with van der Waals surface area (Å²) in [6.07, 6.45) is -0.389. The summed E-state index contributed by atoms with van der Waals surface area (Å²) >= 11 is 0. The first-order chi connectivity index (χ1) is 6.52. The molecule has 0 bridgehead atoms. The molecule has 0 heterocycles. The van der Waals surface area contributed by atoms with Gasteiger partial charge in [0.2, 0.25) is 0 Å². The number of hydrogen-bond donors (Lipinski definition) is 0. The van der Waals surface area contributed by atoms with Crippen LogP contribution in [0.15, 0.2) is 5.16 Å². The molecule has 0 N–H and O–H groups in total. The summed E-state index contributed by atoms with van der Waals surface area (Å²) in [5.74, 6) is -0.307. The molecule has 0 saturated heterocycles. The molecular formula is C8H13N5O. The van der Waals surface area contributed by atoms with Crippen molar-refractivity contribution in [1.29, 1.82) is 5.26 Å². The number of nitrogens with zero attached hydrogens (tertiary/aromatic N) is 5. The Balaban J connectivity index is 4.43. The van der Waals surface area contributed by atoms with Crippen LogP contribution >= 0.6 is 0 Å². The highest BCUT2D eigenvalue weighted by molar-refractivity contribution is 6.03. The van der Waals surface area contributed by atoms with Crippen LogP contribution in [0.3, 0.4) is 0 Å². The van der Waals surface area contributed by atoms with Gasteiger partial charge in [-0.1, -0.05) is 6.57 Å². The summed E-state index contributed by atoms with van der Waals surface area (Å²) in [5, 5.41) is 11.8. The standard InChI is InChI=1S/C8H13N5O/c1-10-7(6-9)11-14-8(12(2)3)13(4)5/h8H,2-5H3/b11-7-. The zero-order chi connectivity index (χ0) is 11.1. The molecule has 0 fully saturated rings. The molecule has 76 valence electrons. The van der Waals surface area contributed by atoms with Crippen LogP contribution in [0.4, 0.5) is 0 Å². The zero-order valence-electron chi connectivity index (χ0n) is 8.72. The maximum absolute atomic E-state index is 8.41. The lowest BCUT2D eigenvalue weighted by Gasteiger charge is -2.24. The molecule has 0 aromatic heterocycles. The third kappa shape index (κ3) is 3.85. The van der Waals surface area contributed by atoms with Gasteiger partial charge in [-0.2, -0.15) is 0 Å². The van der Waals surface area contributed by atoms with E-state index in [1.54, 1.807) is 15.9 Å². The van der Waals surface area contributed by atoms with Crippen LogP contribution in [0, 0.1) is 17.9 Å². The van der Waals surface area contributed by atoms with E-state index in [1.165, 1.54) is 0 Å². The molecule has 0 atom stereocenters. The van der Waals surface area contributed by atoms with Crippen molar-refractivity contribution in [3.05, 3.63) is 11.4 Å². The van der Waals surface area contributed by atoms with Gasteiger partial charge in [0, 0.05) is 0 Å². The average Bonchev–Trinajstić information content (AvgIpc) is 2.11. The van der Waals surface area contributed by atoms with E-state index in [9.17, 15) is 0 Å². The van der Waals surface area contributed by atoms with E-state index >= 15 is 0 Å². The van der Waals surface area contributed by atoms with E-state index in [4.69, 9.17) is 16.7 Å². The molecule has 6 heteroatoms. The Labute approximate surface area is 83.8 Å². The Kier molecular flexibility index (Phi) is 5.23. The minimum absolute atomic E-state index is 0.307. The van der Waals surface area contributed by atoms with Gasteiger partial charge in [-0.3, -0.25) is 14.6 Å². The van der Waals surface area contributed by atoms with Crippen molar-refractivity contribution < 1.29 is 4.84 Å². The lowest BCUT2D eigenvalue weighted by molar-refractivity contribution is -0.117. The molecule has 0 aliphatic carbocycles. The van der Waals surface area contributed by atoms with E-state index in [1.807, 2.05) is 28.2 Å². The van der Waals surface area contributed by atoms with Crippen LogP contribution in [0.25, 0.3) is 4.85 Å². The number of oxime groups is 1. The van der Waals surface area contributed by atoms with E-state index in [0.717, 1.165) is 0 Å². The fourth-order valence-corrected chi connectivity index (χ4v) is 0.813. The quantitative estimate of drug-likeness (QED) is 0.211. The van der Waals surface area contributed by atoms with Gasteiger partial charge in [-0.25, -0.2) is 5.26 Å². The van der Waals surface area contributed by atoms with Crippen LogP contribution in [-0.4, -0.2) is 50.2 Å². The normalized spacial score (nSPS) is 11.6. The minimum atomic E-state index is -0.389. The smallest absolute Gasteiger partial charge is 0.348 e. The average molecular weight is 195 g/mol. The van der Waals surface area contributed by atoms with Gasteiger partial charge < -0.3 is 4.85 Å². The Morgan fingerprint density at radius 3 is 2.21 bits per heavy atom. The number of amidine groups is 1. The van der Waals surface area contributed by atoms with E-state index in [-0.39, 0.29) is 12.2 Å². The fourth-order valence-electron chi connectivity index (χ4n) is 0.813. The Morgan fingerprint density at radius 2 is 1.93 bits per heavy atom. The molecule has 6 nitrogen and oxygen atoms in total. The van der Waals surface area contributed by atoms with Gasteiger partial charge in [0.25, 0.3) is 6.35 Å². The maximum Gasteiger partial charge on any atom is 0.392 e. The highest BCUT2D eigenvalue weighted by Gasteiger charge is 2.17. The molecule has 0 aromatic carbocycles. The molecule has 0 aliphatic heterocycles. The molecule has 0 rings (SSSR count). The van der Waals surface area contributed by atoms with Gasteiger partial charge in [0.1, 0.15) is 6.07 Å². The van der Waals surface area contributed by atoms with Crippen molar-refractivity contribution >= 4 is 5.84 Å². The molecule has 0 spiro atoms. The first kappa shape index (κ1) is 12.4. The number of hydrogen-bond acceptors (Lipinski definition) is 5. The third-order valence-corrected chi connectivity index (χ3v) is 1.32. The molecule has 0 saturated carbocycles. The molecule has 0 aromatic rings. The van der Waals surface area contributed by atoms with Crippen molar-refractivity contribution in [2.45, 2.75) is 6.35 Å². The summed E-state index contributed by atoms with van der Waals surface area (Å²) < 4.78 is 0. The van der Waals surface area contributed by atoms with Crippen molar-refractivity contribution in [3.63, 3.8) is 0 Å². The number of nitriles is 1. The van der Waals surface area contributed by atoms with Crippen molar-refractivity contribution in [1.82, 2.24) is 9.80 Å². The summed E-state index contributed by atoms with van der Waals surface area (Å²) in [5.41, 5.74) is 0. The van der Waals surface area contributed by atoms with E-state index < -0.39 is 0 Å². The van der Waals surface area contributed by atoms with Crippen LogP contribution in [0.5, 0.6) is 0 Å². The summed E-state index contributed by atoms with van der Waals surface area (Å²) in [6.45, 7) is 6.58. The summed E-state index contributed by atoms with van der Waals surface area (Å²) in [7, 11) is 7.24. The highest BCUT2D eigenvalue weighted by Crippen LogP contribution is 2.00. The topological polar surface area (TPSA) is 56.2 Å². The summed E-state index contributed by atoms with van der Waals surface area (Å²) in [6, 6.07) is 1.62. The van der Waals surface area contributed by atoms with Crippen molar-refractivity contribution in [2.75, 3.05) is 28.2 Å². The predicted molar refractivity (Wildman–Crippen MR) is 51.9 cm³/mol. The van der Waals surface area contributed by atoms with Crippen LogP contribution in [0.2, 0.25) is 0 Å². The Morgan fingerprint density at radius 1 is 1.43 bits per heavy atom. The first-order valence-corrected chi connectivity index (χ1v) is 3.87. The fraction of sp³-hybridized carbons (Fsp3) is 0.625. The SMILES string of the molecule is [C-]#[N+]/C(C#N)=N\OC(N(C)C)N(C)C. The van der Waals surface area contributed by atoms with Gasteiger partial charge in [-0.05, 0) is 28.2 Å². The molecular weight excluding hydrogens is 182 g/mol. The van der Waals surface area contributed by atoms with Gasteiger partial charge >= 0.3 is 5.84 Å². The predicted octanol–water partition coefficient (Wildman–Crippen LogP) is 0.166. The largest absolute Gasteiger partial charge is 0.392 e. The second kappa shape index (κ2) is 5.92. The van der Waals surface area contributed by atoms with Crippen molar-refractivity contribution in [3.8, 4) is 6.07 Å². The molecule has 14 heavy (non-hydrogen) atoms. The molecule has 0 unspecified atom stereocenters. The van der Waals surface area contributed by atoms with E-state index in [2.05, 4.69) is 10.0 Å². The number of rotatable bonds is 4. The maximum atomic E-state index is 8.41. The van der Waals surface area contributed by atoms with Crippen LogP contribution in [-0.2, 0) is 4.84 Å². The van der Waals surface area contributed by atoms with Crippen LogP contribution < -0.4 is 0 Å². The molecule has 0 radical (unpaired) electrons. The molecule has 0 amide bonds. The highest BCUT2D eigenvalue weighted by atomic mass is 16.7. The minimum Gasteiger partial charge on any atom is -0.348 e. The van der Waals surface area contributed by atoms with Gasteiger partial charge in [-0.15, -0.1) is 0 Å². The Bertz CT molecular complexity index is 259. The van der Waals surface area contributed by atoms with Crippen molar-refractivity contribution in [2.24, 2.45) is 5.16 Å².